The predicted octanol–water partition coefficient (Wildman–Crippen LogP) is 11.4. The molecule has 1 aromatic rings. The number of unbranched alkanes of at least 4 members (excludes halogenated alkanes) is 18. The van der Waals surface area contributed by atoms with Crippen molar-refractivity contribution >= 4 is 0 Å². The van der Waals surface area contributed by atoms with Crippen LogP contribution in [-0.2, 0) is 19.3 Å². The average molecular weight is 456 g/mol. The van der Waals surface area contributed by atoms with Crippen molar-refractivity contribution in [2.24, 2.45) is 0 Å². The highest BCUT2D eigenvalue weighted by molar-refractivity contribution is 5.35. The first-order valence-corrected chi connectivity index (χ1v) is 15.3. The lowest BCUT2D eigenvalue weighted by atomic mass is 9.90. The second kappa shape index (κ2) is 23.0. The fourth-order valence-corrected chi connectivity index (χ4v) is 5.18. The molecule has 1 rings (SSSR count). The highest BCUT2D eigenvalue weighted by atomic mass is 14.1. The van der Waals surface area contributed by atoms with Gasteiger partial charge >= 0.3 is 0 Å². The molecule has 0 saturated carbocycles. The van der Waals surface area contributed by atoms with Gasteiger partial charge in [-0.3, -0.25) is 0 Å². The lowest BCUT2D eigenvalue weighted by Crippen LogP contribution is -2.02. The molecular formula is C33H59. The molecule has 191 valence electrons. The van der Waals surface area contributed by atoms with Gasteiger partial charge in [0, 0.05) is 0 Å². The zero-order chi connectivity index (χ0) is 23.8. The molecule has 0 amide bonds. The van der Waals surface area contributed by atoms with E-state index in [1.807, 2.05) is 0 Å². The van der Waals surface area contributed by atoms with E-state index in [-0.39, 0.29) is 0 Å². The van der Waals surface area contributed by atoms with Gasteiger partial charge in [0.05, 0.1) is 0 Å². The Kier molecular flexibility index (Phi) is 21.1. The molecule has 33 heavy (non-hydrogen) atoms. The lowest BCUT2D eigenvalue weighted by molar-refractivity contribution is 0.578. The SMILES string of the molecule is CCCCCCCCCc1[c]ccc(CCCCCCCCC)c1CCCCCCCCC. The monoisotopic (exact) mass is 455 g/mol. The van der Waals surface area contributed by atoms with E-state index in [4.69, 9.17) is 0 Å². The summed E-state index contributed by atoms with van der Waals surface area (Å²) in [6.07, 6.45) is 33.3. The van der Waals surface area contributed by atoms with E-state index >= 15 is 0 Å². The second-order valence-corrected chi connectivity index (χ2v) is 10.6. The Morgan fingerprint density at radius 3 is 1.33 bits per heavy atom. The van der Waals surface area contributed by atoms with E-state index in [1.54, 1.807) is 16.7 Å². The normalized spacial score (nSPS) is 11.4. The fourth-order valence-electron chi connectivity index (χ4n) is 5.18. The largest absolute Gasteiger partial charge is 0.0654 e. The van der Waals surface area contributed by atoms with E-state index < -0.39 is 0 Å². The van der Waals surface area contributed by atoms with Crippen molar-refractivity contribution in [2.45, 2.75) is 175 Å². The van der Waals surface area contributed by atoms with Crippen LogP contribution >= 0.6 is 0 Å². The summed E-state index contributed by atoms with van der Waals surface area (Å²) in [7, 11) is 0. The maximum atomic E-state index is 3.68. The molecule has 0 saturated heterocycles. The maximum absolute atomic E-state index is 3.68. The standard InChI is InChI=1S/C33H59/c1-4-7-10-13-16-19-22-26-31-28-25-29-32(27-23-20-17-14-11-8-5-2)33(31)30-24-21-18-15-12-9-6-3/h25,28H,4-24,26-27,30H2,1-3H3. The van der Waals surface area contributed by atoms with Crippen molar-refractivity contribution < 1.29 is 0 Å². The quantitative estimate of drug-likeness (QED) is 0.136. The summed E-state index contributed by atoms with van der Waals surface area (Å²) in [6, 6.07) is 8.32. The van der Waals surface area contributed by atoms with Crippen molar-refractivity contribution in [1.82, 2.24) is 0 Å². The highest BCUT2D eigenvalue weighted by Gasteiger charge is 2.09. The van der Waals surface area contributed by atoms with Gasteiger partial charge in [-0.2, -0.15) is 0 Å². The molecule has 0 nitrogen and oxygen atoms in total. The summed E-state index contributed by atoms with van der Waals surface area (Å²) in [6.45, 7) is 6.93. The lowest BCUT2D eigenvalue weighted by Gasteiger charge is -2.15. The first-order valence-electron chi connectivity index (χ1n) is 15.3. The van der Waals surface area contributed by atoms with Gasteiger partial charge in [-0.1, -0.05) is 148 Å². The Morgan fingerprint density at radius 2 is 0.848 bits per heavy atom. The second-order valence-electron chi connectivity index (χ2n) is 10.6. The maximum Gasteiger partial charge on any atom is -0.0146 e. The van der Waals surface area contributed by atoms with Crippen LogP contribution in [0, 0.1) is 6.07 Å². The molecule has 0 spiro atoms. The van der Waals surface area contributed by atoms with Crippen LogP contribution in [0.2, 0.25) is 0 Å². The third-order valence-corrected chi connectivity index (χ3v) is 7.40. The molecule has 0 aliphatic rings. The minimum absolute atomic E-state index is 1.25. The Balaban J connectivity index is 2.51. The molecule has 0 N–H and O–H groups in total. The third-order valence-electron chi connectivity index (χ3n) is 7.40. The molecule has 1 radical (unpaired) electrons. The number of aryl methyl sites for hydroxylation is 2. The molecule has 0 heteroatoms. The zero-order valence-electron chi connectivity index (χ0n) is 23.1. The molecule has 0 fully saturated rings. The Labute approximate surface area is 209 Å². The smallest absolute Gasteiger partial charge is 0.0146 e. The molecule has 1 aromatic carbocycles. The van der Waals surface area contributed by atoms with Gasteiger partial charge in [0.2, 0.25) is 0 Å². The topological polar surface area (TPSA) is 0 Å². The summed E-state index contributed by atoms with van der Waals surface area (Å²) >= 11 is 0. The minimum atomic E-state index is 1.25. The molecule has 0 bridgehead atoms. The molecule has 0 unspecified atom stereocenters. The summed E-state index contributed by atoms with van der Waals surface area (Å²) in [4.78, 5) is 0. The Bertz CT molecular complexity index is 493. The van der Waals surface area contributed by atoms with Crippen LogP contribution in [0.1, 0.15) is 172 Å². The van der Waals surface area contributed by atoms with Gasteiger partial charge in [0.1, 0.15) is 0 Å². The van der Waals surface area contributed by atoms with E-state index in [0.717, 1.165) is 0 Å². The van der Waals surface area contributed by atoms with Crippen LogP contribution in [-0.4, -0.2) is 0 Å². The van der Waals surface area contributed by atoms with Gasteiger partial charge < -0.3 is 0 Å². The molecule has 0 heterocycles. The Hall–Kier alpha value is -0.780. The number of hydrogen-bond acceptors (Lipinski definition) is 0. The molecule has 0 atom stereocenters. The van der Waals surface area contributed by atoms with Gasteiger partial charge in [-0.05, 0) is 61.3 Å². The van der Waals surface area contributed by atoms with Gasteiger partial charge in [0.25, 0.3) is 0 Å². The summed E-state index contributed by atoms with van der Waals surface area (Å²) < 4.78 is 0. The van der Waals surface area contributed by atoms with Crippen molar-refractivity contribution in [3.05, 3.63) is 34.9 Å². The summed E-state index contributed by atoms with van der Waals surface area (Å²) in [5.41, 5.74) is 4.92. The number of hydrogen-bond donors (Lipinski definition) is 0. The van der Waals surface area contributed by atoms with Crippen molar-refractivity contribution in [3.8, 4) is 0 Å². The van der Waals surface area contributed by atoms with Crippen LogP contribution in [0.15, 0.2) is 12.1 Å². The van der Waals surface area contributed by atoms with Crippen LogP contribution in [0.25, 0.3) is 0 Å². The number of rotatable bonds is 24. The molecule has 0 aliphatic heterocycles. The van der Waals surface area contributed by atoms with Gasteiger partial charge in [-0.15, -0.1) is 0 Å². The van der Waals surface area contributed by atoms with Gasteiger partial charge in [0.15, 0.2) is 0 Å². The molecule has 0 aromatic heterocycles. The molecule has 0 aliphatic carbocycles. The van der Waals surface area contributed by atoms with Crippen LogP contribution < -0.4 is 0 Å². The van der Waals surface area contributed by atoms with E-state index in [0.29, 0.717) is 0 Å². The fraction of sp³-hybridized carbons (Fsp3) is 0.818. The van der Waals surface area contributed by atoms with Crippen molar-refractivity contribution in [2.75, 3.05) is 0 Å². The summed E-state index contributed by atoms with van der Waals surface area (Å²) in [5, 5.41) is 0. The van der Waals surface area contributed by atoms with Gasteiger partial charge in [-0.25, -0.2) is 0 Å². The molecular weight excluding hydrogens is 396 g/mol. The first kappa shape index (κ1) is 30.3. The predicted molar refractivity (Wildman–Crippen MR) is 150 cm³/mol. The number of benzene rings is 1. The van der Waals surface area contributed by atoms with E-state index in [1.165, 1.54) is 154 Å². The average Bonchev–Trinajstić information content (AvgIpc) is 2.83. The van der Waals surface area contributed by atoms with E-state index in [9.17, 15) is 0 Å². The minimum Gasteiger partial charge on any atom is -0.0654 e. The first-order chi connectivity index (χ1) is 16.3. The third kappa shape index (κ3) is 16.5. The van der Waals surface area contributed by atoms with Crippen LogP contribution in [0.5, 0.6) is 0 Å². The van der Waals surface area contributed by atoms with Crippen molar-refractivity contribution in [3.63, 3.8) is 0 Å². The highest BCUT2D eigenvalue weighted by Crippen LogP contribution is 2.23. The zero-order valence-corrected chi connectivity index (χ0v) is 23.1. The van der Waals surface area contributed by atoms with E-state index in [2.05, 4.69) is 39.0 Å². The van der Waals surface area contributed by atoms with Crippen LogP contribution in [0.4, 0.5) is 0 Å². The van der Waals surface area contributed by atoms with Crippen LogP contribution in [0.3, 0.4) is 0 Å². The van der Waals surface area contributed by atoms with Crippen molar-refractivity contribution in [1.29, 1.82) is 0 Å². The Morgan fingerprint density at radius 1 is 0.455 bits per heavy atom. The summed E-state index contributed by atoms with van der Waals surface area (Å²) in [5.74, 6) is 0.